The lowest BCUT2D eigenvalue weighted by atomic mass is 9.86. The van der Waals surface area contributed by atoms with Gasteiger partial charge in [0.2, 0.25) is 10.0 Å². The number of nitrogens with zero attached hydrogens (tertiary/aromatic N) is 1. The van der Waals surface area contributed by atoms with Crippen LogP contribution in [0.5, 0.6) is 0 Å². The van der Waals surface area contributed by atoms with Crippen molar-refractivity contribution in [2.24, 2.45) is 11.8 Å². The second kappa shape index (κ2) is 8.10. The minimum atomic E-state index is -4.11. The first-order chi connectivity index (χ1) is 12.0. The van der Waals surface area contributed by atoms with Gasteiger partial charge in [-0.3, -0.25) is 0 Å². The summed E-state index contributed by atoms with van der Waals surface area (Å²) in [5.41, 5.74) is 0. The summed E-state index contributed by atoms with van der Waals surface area (Å²) in [7, 11) is -4.11. The number of hydrogen-bond donors (Lipinski definition) is 1. The van der Waals surface area contributed by atoms with Crippen molar-refractivity contribution in [3.63, 3.8) is 0 Å². The van der Waals surface area contributed by atoms with Gasteiger partial charge in [-0.25, -0.2) is 17.2 Å². The molecule has 0 radical (unpaired) electrons. The number of rotatable bonds is 5. The number of benzene rings is 1. The van der Waals surface area contributed by atoms with Crippen molar-refractivity contribution >= 4 is 10.0 Å². The Morgan fingerprint density at radius 2 is 1.48 bits per heavy atom. The van der Waals surface area contributed by atoms with Crippen molar-refractivity contribution in [2.75, 3.05) is 26.2 Å². The second-order valence-electron chi connectivity index (χ2n) is 7.17. The van der Waals surface area contributed by atoms with Crippen LogP contribution in [-0.2, 0) is 10.0 Å². The Bertz CT molecular complexity index is 662. The van der Waals surface area contributed by atoms with Gasteiger partial charge in [-0.05, 0) is 62.7 Å². The van der Waals surface area contributed by atoms with Crippen LogP contribution in [0.3, 0.4) is 0 Å². The minimum absolute atomic E-state index is 0.340. The molecule has 1 aromatic rings. The average Bonchev–Trinajstić information content (AvgIpc) is 2.61. The molecular formula is C18H26F2N2O2S. The normalized spacial score (nSPS) is 21.5. The van der Waals surface area contributed by atoms with Crippen LogP contribution in [0, 0.1) is 23.5 Å². The Morgan fingerprint density at radius 3 is 2.04 bits per heavy atom. The first-order valence-electron chi connectivity index (χ1n) is 9.13. The molecule has 1 N–H and O–H groups in total. The van der Waals surface area contributed by atoms with Gasteiger partial charge in [-0.1, -0.05) is 18.9 Å². The highest BCUT2D eigenvalue weighted by atomic mass is 32.2. The fourth-order valence-corrected chi connectivity index (χ4v) is 5.52. The van der Waals surface area contributed by atoms with Crippen LogP contribution in [0.1, 0.15) is 38.5 Å². The molecule has 25 heavy (non-hydrogen) atoms. The van der Waals surface area contributed by atoms with Gasteiger partial charge in [0.25, 0.3) is 0 Å². The Kier molecular flexibility index (Phi) is 6.07. The molecule has 0 atom stereocenters. The zero-order valence-corrected chi connectivity index (χ0v) is 15.2. The SMILES string of the molecule is O=S(=O)(c1c(F)cccc1F)N1CCC(CCC2CCNCC2)CC1. The molecule has 0 aromatic heterocycles. The van der Waals surface area contributed by atoms with E-state index in [0.29, 0.717) is 19.0 Å². The third kappa shape index (κ3) is 4.38. The average molecular weight is 372 g/mol. The zero-order valence-electron chi connectivity index (χ0n) is 14.4. The fraction of sp³-hybridized carbons (Fsp3) is 0.667. The lowest BCUT2D eigenvalue weighted by Crippen LogP contribution is -2.39. The maximum Gasteiger partial charge on any atom is 0.248 e. The molecule has 2 heterocycles. The van der Waals surface area contributed by atoms with Crippen molar-refractivity contribution in [1.29, 1.82) is 0 Å². The molecule has 0 amide bonds. The van der Waals surface area contributed by atoms with Gasteiger partial charge in [0.15, 0.2) is 4.90 Å². The van der Waals surface area contributed by atoms with Gasteiger partial charge in [-0.15, -0.1) is 0 Å². The van der Waals surface area contributed by atoms with Gasteiger partial charge in [0.05, 0.1) is 0 Å². The molecule has 0 bridgehead atoms. The molecule has 140 valence electrons. The molecule has 0 saturated carbocycles. The molecule has 2 saturated heterocycles. The van der Waals surface area contributed by atoms with Crippen LogP contribution in [0.15, 0.2) is 23.1 Å². The van der Waals surface area contributed by atoms with Crippen LogP contribution in [0.4, 0.5) is 8.78 Å². The van der Waals surface area contributed by atoms with Gasteiger partial charge in [-0.2, -0.15) is 4.31 Å². The summed E-state index contributed by atoms with van der Waals surface area (Å²) < 4.78 is 54.1. The van der Waals surface area contributed by atoms with E-state index in [2.05, 4.69) is 5.32 Å². The molecule has 4 nitrogen and oxygen atoms in total. The van der Waals surface area contributed by atoms with E-state index in [9.17, 15) is 17.2 Å². The predicted octanol–water partition coefficient (Wildman–Crippen LogP) is 3.15. The number of piperidine rings is 2. The molecule has 1 aromatic carbocycles. The van der Waals surface area contributed by atoms with Crippen molar-refractivity contribution in [1.82, 2.24) is 9.62 Å². The Hall–Kier alpha value is -1.05. The summed E-state index contributed by atoms with van der Waals surface area (Å²) in [5.74, 6) is -0.761. The van der Waals surface area contributed by atoms with Crippen LogP contribution >= 0.6 is 0 Å². The van der Waals surface area contributed by atoms with Gasteiger partial charge >= 0.3 is 0 Å². The van der Waals surface area contributed by atoms with Crippen molar-refractivity contribution in [3.8, 4) is 0 Å². The maximum absolute atomic E-state index is 13.9. The Balaban J connectivity index is 1.56. The van der Waals surface area contributed by atoms with Gasteiger partial charge in [0.1, 0.15) is 11.6 Å². The molecule has 0 aliphatic carbocycles. The predicted molar refractivity (Wildman–Crippen MR) is 92.7 cm³/mol. The topological polar surface area (TPSA) is 49.4 Å². The molecule has 0 unspecified atom stereocenters. The van der Waals surface area contributed by atoms with Crippen molar-refractivity contribution < 1.29 is 17.2 Å². The largest absolute Gasteiger partial charge is 0.317 e. The first-order valence-corrected chi connectivity index (χ1v) is 10.6. The van der Waals surface area contributed by atoms with Gasteiger partial charge in [0, 0.05) is 13.1 Å². The quantitative estimate of drug-likeness (QED) is 0.864. The minimum Gasteiger partial charge on any atom is -0.317 e. The molecule has 7 heteroatoms. The van der Waals surface area contributed by atoms with Crippen molar-refractivity contribution in [2.45, 2.75) is 43.4 Å². The van der Waals surface area contributed by atoms with Crippen LogP contribution in [0.25, 0.3) is 0 Å². The molecule has 0 spiro atoms. The summed E-state index contributed by atoms with van der Waals surface area (Å²) in [6.45, 7) is 2.87. The van der Waals surface area contributed by atoms with E-state index in [1.54, 1.807) is 0 Å². The van der Waals surface area contributed by atoms with Crippen molar-refractivity contribution in [3.05, 3.63) is 29.8 Å². The monoisotopic (exact) mass is 372 g/mol. The highest BCUT2D eigenvalue weighted by Gasteiger charge is 2.33. The lowest BCUT2D eigenvalue weighted by Gasteiger charge is -2.32. The Labute approximate surface area is 148 Å². The highest BCUT2D eigenvalue weighted by molar-refractivity contribution is 7.89. The fourth-order valence-electron chi connectivity index (χ4n) is 3.94. The molecule has 3 rings (SSSR count). The van der Waals surface area contributed by atoms with E-state index in [1.165, 1.54) is 29.6 Å². The van der Waals surface area contributed by atoms with Crippen LogP contribution < -0.4 is 5.32 Å². The second-order valence-corrected chi connectivity index (χ2v) is 9.04. The maximum atomic E-state index is 13.9. The number of nitrogens with one attached hydrogen (secondary N) is 1. The molecular weight excluding hydrogens is 346 g/mol. The van der Waals surface area contributed by atoms with E-state index in [1.807, 2.05) is 0 Å². The third-order valence-electron chi connectivity index (χ3n) is 5.53. The summed E-state index contributed by atoms with van der Waals surface area (Å²) in [6, 6.07) is 3.15. The van der Waals surface area contributed by atoms with Gasteiger partial charge < -0.3 is 5.32 Å². The number of hydrogen-bond acceptors (Lipinski definition) is 3. The molecule has 2 fully saturated rings. The smallest absolute Gasteiger partial charge is 0.248 e. The highest BCUT2D eigenvalue weighted by Crippen LogP contribution is 2.30. The van der Waals surface area contributed by atoms with E-state index in [4.69, 9.17) is 0 Å². The van der Waals surface area contributed by atoms with E-state index >= 15 is 0 Å². The van der Waals surface area contributed by atoms with E-state index in [-0.39, 0.29) is 0 Å². The number of sulfonamides is 1. The Morgan fingerprint density at radius 1 is 0.960 bits per heavy atom. The first kappa shape index (κ1) is 18.7. The third-order valence-corrected chi connectivity index (χ3v) is 7.48. The standard InChI is InChI=1S/C18H26F2N2O2S/c19-16-2-1-3-17(20)18(16)25(23,24)22-12-8-15(9-13-22)5-4-14-6-10-21-11-7-14/h1-3,14-15,21H,4-13H2. The summed E-state index contributed by atoms with van der Waals surface area (Å²) in [4.78, 5) is -0.817. The van der Waals surface area contributed by atoms with Crippen LogP contribution in [0.2, 0.25) is 0 Å². The summed E-state index contributed by atoms with van der Waals surface area (Å²) in [5, 5.41) is 3.37. The summed E-state index contributed by atoms with van der Waals surface area (Å²) >= 11 is 0. The summed E-state index contributed by atoms with van der Waals surface area (Å²) in [6.07, 6.45) is 6.29. The van der Waals surface area contributed by atoms with E-state index < -0.39 is 26.6 Å². The molecule has 2 aliphatic rings. The lowest BCUT2D eigenvalue weighted by molar-refractivity contribution is 0.238. The van der Waals surface area contributed by atoms with Crippen LogP contribution in [-0.4, -0.2) is 38.9 Å². The zero-order chi connectivity index (χ0) is 17.9. The number of halogens is 2. The van der Waals surface area contributed by atoms with E-state index in [0.717, 1.165) is 50.4 Å². The molecule has 2 aliphatic heterocycles.